The number of carbonyl (C=O) groups excluding carboxylic acids is 1. The molecule has 0 bridgehead atoms. The van der Waals surface area contributed by atoms with Crippen molar-refractivity contribution in [1.82, 2.24) is 4.90 Å². The maximum Gasteiger partial charge on any atom is 0.223 e. The Morgan fingerprint density at radius 3 is 2.45 bits per heavy atom. The first-order valence-electron chi connectivity index (χ1n) is 7.41. The Hall–Kier alpha value is -1.39. The Morgan fingerprint density at radius 1 is 1.20 bits per heavy atom. The second-order valence-electron chi connectivity index (χ2n) is 5.85. The summed E-state index contributed by atoms with van der Waals surface area (Å²) in [6.45, 7) is 2.79. The predicted molar refractivity (Wildman–Crippen MR) is 77.3 cm³/mol. The van der Waals surface area contributed by atoms with Gasteiger partial charge < -0.3 is 15.4 Å². The predicted octanol–water partition coefficient (Wildman–Crippen LogP) is 1.43. The van der Waals surface area contributed by atoms with Gasteiger partial charge in [0.2, 0.25) is 5.91 Å². The van der Waals surface area contributed by atoms with E-state index in [2.05, 4.69) is 24.3 Å². The molecule has 108 valence electrons. The van der Waals surface area contributed by atoms with Crippen molar-refractivity contribution < 1.29 is 9.53 Å². The summed E-state index contributed by atoms with van der Waals surface area (Å²) in [5.41, 5.74) is 8.53. The summed E-state index contributed by atoms with van der Waals surface area (Å²) in [5, 5.41) is 0. The van der Waals surface area contributed by atoms with Crippen LogP contribution in [0.4, 0.5) is 0 Å². The molecule has 4 heteroatoms. The van der Waals surface area contributed by atoms with Crippen molar-refractivity contribution in [2.45, 2.75) is 31.2 Å². The Bertz CT molecular complexity index is 474. The zero-order chi connectivity index (χ0) is 14.0. The molecule has 20 heavy (non-hydrogen) atoms. The van der Waals surface area contributed by atoms with Crippen LogP contribution in [0, 0.1) is 0 Å². The minimum atomic E-state index is -0.0673. The zero-order valence-corrected chi connectivity index (χ0v) is 11.8. The van der Waals surface area contributed by atoms with Crippen molar-refractivity contribution in [2.24, 2.45) is 5.73 Å². The van der Waals surface area contributed by atoms with Gasteiger partial charge in [0, 0.05) is 25.0 Å². The largest absolute Gasteiger partial charge is 0.378 e. The number of carbonyl (C=O) groups is 1. The van der Waals surface area contributed by atoms with Crippen LogP contribution in [0.5, 0.6) is 0 Å². The van der Waals surface area contributed by atoms with E-state index in [1.807, 2.05) is 4.90 Å². The van der Waals surface area contributed by atoms with Crippen LogP contribution in [-0.2, 0) is 21.5 Å². The second-order valence-corrected chi connectivity index (χ2v) is 5.85. The van der Waals surface area contributed by atoms with E-state index in [0.717, 1.165) is 32.4 Å². The molecule has 0 unspecified atom stereocenters. The van der Waals surface area contributed by atoms with Crippen LogP contribution in [0.2, 0.25) is 0 Å². The molecule has 2 fully saturated rings. The standard InChI is InChI=1S/C16H22N2O2/c17-16(7-8-16)14-4-1-13(2-5-14)3-6-15(19)18-9-11-20-12-10-18/h1-2,4-5H,3,6-12,17H2. The molecule has 1 aliphatic carbocycles. The number of amides is 1. The van der Waals surface area contributed by atoms with E-state index in [1.165, 1.54) is 11.1 Å². The highest BCUT2D eigenvalue weighted by Crippen LogP contribution is 2.42. The van der Waals surface area contributed by atoms with Crippen molar-refractivity contribution in [3.8, 4) is 0 Å². The van der Waals surface area contributed by atoms with Gasteiger partial charge in [-0.3, -0.25) is 4.79 Å². The van der Waals surface area contributed by atoms with Gasteiger partial charge in [0.25, 0.3) is 0 Å². The zero-order valence-electron chi connectivity index (χ0n) is 11.8. The smallest absolute Gasteiger partial charge is 0.223 e. The van der Waals surface area contributed by atoms with Gasteiger partial charge in [-0.15, -0.1) is 0 Å². The van der Waals surface area contributed by atoms with Crippen LogP contribution in [-0.4, -0.2) is 37.1 Å². The average Bonchev–Trinajstić information content (AvgIpc) is 3.25. The molecule has 2 N–H and O–H groups in total. The van der Waals surface area contributed by atoms with Gasteiger partial charge in [-0.2, -0.15) is 0 Å². The SMILES string of the molecule is NC1(c2ccc(CCC(=O)N3CCOCC3)cc2)CC1. The first-order chi connectivity index (χ1) is 9.67. The van der Waals surface area contributed by atoms with E-state index < -0.39 is 0 Å². The van der Waals surface area contributed by atoms with Gasteiger partial charge in [-0.25, -0.2) is 0 Å². The summed E-state index contributed by atoms with van der Waals surface area (Å²) in [7, 11) is 0. The molecule has 3 rings (SSSR count). The van der Waals surface area contributed by atoms with E-state index in [0.29, 0.717) is 19.6 Å². The van der Waals surface area contributed by atoms with Gasteiger partial charge >= 0.3 is 0 Å². The van der Waals surface area contributed by atoms with Crippen LogP contribution in [0.25, 0.3) is 0 Å². The second kappa shape index (κ2) is 5.54. The third-order valence-corrected chi connectivity index (χ3v) is 4.31. The first-order valence-corrected chi connectivity index (χ1v) is 7.41. The number of ether oxygens (including phenoxy) is 1. The minimum Gasteiger partial charge on any atom is -0.378 e. The minimum absolute atomic E-state index is 0.0673. The normalized spacial score (nSPS) is 20.8. The number of morpholine rings is 1. The molecule has 1 aromatic rings. The van der Waals surface area contributed by atoms with E-state index in [-0.39, 0.29) is 11.4 Å². The summed E-state index contributed by atoms with van der Waals surface area (Å²) in [5.74, 6) is 0.231. The average molecular weight is 274 g/mol. The van der Waals surface area contributed by atoms with E-state index >= 15 is 0 Å². The molecule has 4 nitrogen and oxygen atoms in total. The molecule has 1 saturated heterocycles. The Balaban J connectivity index is 1.51. The third-order valence-electron chi connectivity index (χ3n) is 4.31. The van der Waals surface area contributed by atoms with Crippen molar-refractivity contribution in [3.05, 3.63) is 35.4 Å². The van der Waals surface area contributed by atoms with Crippen LogP contribution >= 0.6 is 0 Å². The van der Waals surface area contributed by atoms with Crippen molar-refractivity contribution in [3.63, 3.8) is 0 Å². The van der Waals surface area contributed by atoms with E-state index in [9.17, 15) is 4.79 Å². The molecule has 0 atom stereocenters. The number of hydrogen-bond acceptors (Lipinski definition) is 3. The fourth-order valence-electron chi connectivity index (χ4n) is 2.65. The summed E-state index contributed by atoms with van der Waals surface area (Å²) in [6, 6.07) is 8.44. The lowest BCUT2D eigenvalue weighted by Crippen LogP contribution is -2.40. The number of rotatable bonds is 4. The van der Waals surface area contributed by atoms with Gasteiger partial charge in [-0.1, -0.05) is 24.3 Å². The van der Waals surface area contributed by atoms with Crippen LogP contribution < -0.4 is 5.73 Å². The summed E-state index contributed by atoms with van der Waals surface area (Å²) < 4.78 is 5.26. The number of hydrogen-bond donors (Lipinski definition) is 1. The fourth-order valence-corrected chi connectivity index (χ4v) is 2.65. The molecule has 1 aromatic carbocycles. The lowest BCUT2D eigenvalue weighted by molar-refractivity contribution is -0.135. The van der Waals surface area contributed by atoms with Crippen LogP contribution in [0.15, 0.2) is 24.3 Å². The first kappa shape index (κ1) is 13.6. The lowest BCUT2D eigenvalue weighted by atomic mass is 10.0. The van der Waals surface area contributed by atoms with Crippen molar-refractivity contribution in [2.75, 3.05) is 26.3 Å². The molecule has 1 amide bonds. The molecular weight excluding hydrogens is 252 g/mol. The van der Waals surface area contributed by atoms with Crippen LogP contribution in [0.3, 0.4) is 0 Å². The highest BCUT2D eigenvalue weighted by atomic mass is 16.5. The van der Waals surface area contributed by atoms with Gasteiger partial charge in [0.1, 0.15) is 0 Å². The van der Waals surface area contributed by atoms with Gasteiger partial charge in [0.05, 0.1) is 13.2 Å². The highest BCUT2D eigenvalue weighted by molar-refractivity contribution is 5.76. The van der Waals surface area contributed by atoms with Gasteiger partial charge in [0.15, 0.2) is 0 Å². The quantitative estimate of drug-likeness (QED) is 0.903. The number of aryl methyl sites for hydroxylation is 1. The maximum atomic E-state index is 12.1. The summed E-state index contributed by atoms with van der Waals surface area (Å²) in [6.07, 6.45) is 3.55. The molecular formula is C16H22N2O2. The molecule has 1 heterocycles. The van der Waals surface area contributed by atoms with Crippen LogP contribution in [0.1, 0.15) is 30.4 Å². The Kier molecular flexibility index (Phi) is 3.76. The molecule has 1 aliphatic heterocycles. The molecule has 2 aliphatic rings. The summed E-state index contributed by atoms with van der Waals surface area (Å²) >= 11 is 0. The summed E-state index contributed by atoms with van der Waals surface area (Å²) in [4.78, 5) is 14.0. The molecule has 0 spiro atoms. The number of benzene rings is 1. The van der Waals surface area contributed by atoms with Crippen molar-refractivity contribution in [1.29, 1.82) is 0 Å². The molecule has 0 aromatic heterocycles. The van der Waals surface area contributed by atoms with Crippen molar-refractivity contribution >= 4 is 5.91 Å². The monoisotopic (exact) mass is 274 g/mol. The lowest BCUT2D eigenvalue weighted by Gasteiger charge is -2.26. The molecule has 0 radical (unpaired) electrons. The Labute approximate surface area is 119 Å². The molecule has 1 saturated carbocycles. The number of nitrogens with zero attached hydrogens (tertiary/aromatic N) is 1. The highest BCUT2D eigenvalue weighted by Gasteiger charge is 2.39. The van der Waals surface area contributed by atoms with E-state index in [4.69, 9.17) is 10.5 Å². The number of nitrogens with two attached hydrogens (primary N) is 1. The topological polar surface area (TPSA) is 55.6 Å². The fraction of sp³-hybridized carbons (Fsp3) is 0.562. The third kappa shape index (κ3) is 3.02. The Morgan fingerprint density at radius 2 is 1.85 bits per heavy atom. The maximum absolute atomic E-state index is 12.1. The van der Waals surface area contributed by atoms with E-state index in [1.54, 1.807) is 0 Å². The van der Waals surface area contributed by atoms with Gasteiger partial charge in [-0.05, 0) is 30.4 Å².